The molecule has 0 saturated carbocycles. The highest BCUT2D eigenvalue weighted by Gasteiger charge is 2.20. The maximum absolute atomic E-state index is 12.0. The molecule has 2 N–H and O–H groups in total. The van der Waals surface area contributed by atoms with E-state index >= 15 is 0 Å². The van der Waals surface area contributed by atoms with Crippen molar-refractivity contribution in [3.05, 3.63) is 39.7 Å². The SMILES string of the molecule is CCOC(=O)c1sc(C(C)NC(=NCCSC)NCCc2ccco2)nc1C.I. The van der Waals surface area contributed by atoms with Gasteiger partial charge in [-0.2, -0.15) is 11.8 Å². The monoisotopic (exact) mass is 552 g/mol. The largest absolute Gasteiger partial charge is 0.469 e. The molecule has 2 rings (SSSR count). The van der Waals surface area contributed by atoms with Gasteiger partial charge in [0.2, 0.25) is 0 Å². The third-order valence-electron chi connectivity index (χ3n) is 3.81. The molecule has 2 aromatic heterocycles. The molecule has 29 heavy (non-hydrogen) atoms. The molecule has 162 valence electrons. The molecule has 2 heterocycles. The van der Waals surface area contributed by atoms with E-state index in [1.165, 1.54) is 11.3 Å². The molecule has 0 fully saturated rings. The Hall–Kier alpha value is -1.27. The van der Waals surface area contributed by atoms with Gasteiger partial charge in [0.15, 0.2) is 5.96 Å². The van der Waals surface area contributed by atoms with Gasteiger partial charge >= 0.3 is 5.97 Å². The minimum absolute atomic E-state index is 0. The molecule has 1 unspecified atom stereocenters. The molecule has 0 saturated heterocycles. The first-order valence-corrected chi connectivity index (χ1v) is 11.5. The minimum Gasteiger partial charge on any atom is -0.469 e. The Balaban J connectivity index is 0.00000420. The fourth-order valence-corrected chi connectivity index (χ4v) is 3.65. The number of nitrogens with zero attached hydrogens (tertiary/aromatic N) is 2. The van der Waals surface area contributed by atoms with Crippen molar-refractivity contribution >= 4 is 59.0 Å². The number of furan rings is 1. The molecule has 0 radical (unpaired) electrons. The zero-order valence-electron chi connectivity index (χ0n) is 17.2. The fourth-order valence-electron chi connectivity index (χ4n) is 2.42. The quantitative estimate of drug-likeness (QED) is 0.151. The van der Waals surface area contributed by atoms with E-state index in [0.717, 1.165) is 35.4 Å². The number of ether oxygens (including phenoxy) is 1. The molecule has 0 bridgehead atoms. The zero-order chi connectivity index (χ0) is 20.4. The highest BCUT2D eigenvalue weighted by atomic mass is 127. The number of rotatable bonds is 10. The second kappa shape index (κ2) is 13.9. The second-order valence-electron chi connectivity index (χ2n) is 6.03. The number of aryl methyl sites for hydroxylation is 1. The average Bonchev–Trinajstić information content (AvgIpc) is 3.31. The summed E-state index contributed by atoms with van der Waals surface area (Å²) in [5.74, 6) is 2.28. The molecule has 0 amide bonds. The first-order chi connectivity index (χ1) is 13.5. The average molecular weight is 553 g/mol. The molecule has 0 aromatic carbocycles. The van der Waals surface area contributed by atoms with Crippen LogP contribution in [0.15, 0.2) is 27.8 Å². The Morgan fingerprint density at radius 1 is 1.48 bits per heavy atom. The maximum Gasteiger partial charge on any atom is 0.350 e. The first kappa shape index (κ1) is 25.8. The van der Waals surface area contributed by atoms with Gasteiger partial charge in [0.05, 0.1) is 31.2 Å². The van der Waals surface area contributed by atoms with E-state index in [9.17, 15) is 4.79 Å². The van der Waals surface area contributed by atoms with E-state index in [2.05, 4.69) is 26.9 Å². The van der Waals surface area contributed by atoms with Crippen molar-refractivity contribution in [1.82, 2.24) is 15.6 Å². The molecule has 0 aliphatic rings. The predicted octanol–water partition coefficient (Wildman–Crippen LogP) is 4.04. The van der Waals surface area contributed by atoms with E-state index in [4.69, 9.17) is 9.15 Å². The van der Waals surface area contributed by atoms with Gasteiger partial charge in [-0.25, -0.2) is 9.78 Å². The van der Waals surface area contributed by atoms with Crippen molar-refractivity contribution in [2.45, 2.75) is 33.2 Å². The summed E-state index contributed by atoms with van der Waals surface area (Å²) >= 11 is 3.11. The minimum atomic E-state index is -0.318. The summed E-state index contributed by atoms with van der Waals surface area (Å²) in [6.07, 6.45) is 4.51. The zero-order valence-corrected chi connectivity index (χ0v) is 21.2. The van der Waals surface area contributed by atoms with Crippen LogP contribution in [0, 0.1) is 6.92 Å². The number of thioether (sulfide) groups is 1. The van der Waals surface area contributed by atoms with Crippen molar-refractivity contribution in [3.63, 3.8) is 0 Å². The summed E-state index contributed by atoms with van der Waals surface area (Å²) in [5.41, 5.74) is 0.693. The molecular weight excluding hydrogens is 523 g/mol. The lowest BCUT2D eigenvalue weighted by Gasteiger charge is -2.16. The Labute approximate surface area is 197 Å². The van der Waals surface area contributed by atoms with Crippen LogP contribution in [-0.2, 0) is 11.2 Å². The molecule has 7 nitrogen and oxygen atoms in total. The summed E-state index contributed by atoms with van der Waals surface area (Å²) in [6, 6.07) is 3.75. The number of carbonyl (C=O) groups excluding carboxylic acids is 1. The number of hydrogen-bond acceptors (Lipinski definition) is 7. The molecule has 10 heteroatoms. The normalized spacial score (nSPS) is 12.2. The van der Waals surface area contributed by atoms with E-state index in [1.54, 1.807) is 24.9 Å². The van der Waals surface area contributed by atoms with Crippen LogP contribution in [0.5, 0.6) is 0 Å². The van der Waals surface area contributed by atoms with E-state index < -0.39 is 0 Å². The smallest absolute Gasteiger partial charge is 0.350 e. The molecule has 1 atom stereocenters. The van der Waals surface area contributed by atoms with Crippen LogP contribution >= 0.6 is 47.1 Å². The molecular formula is C19H29IN4O3S2. The summed E-state index contributed by atoms with van der Waals surface area (Å²) in [4.78, 5) is 21.7. The fraction of sp³-hybridized carbons (Fsp3) is 0.526. The van der Waals surface area contributed by atoms with Gasteiger partial charge in [0.1, 0.15) is 15.6 Å². The van der Waals surface area contributed by atoms with Crippen LogP contribution in [0.2, 0.25) is 0 Å². The molecule has 2 aromatic rings. The van der Waals surface area contributed by atoms with Crippen molar-refractivity contribution in [2.75, 3.05) is 31.7 Å². The van der Waals surface area contributed by atoms with Crippen molar-refractivity contribution in [3.8, 4) is 0 Å². The number of aliphatic imine (C=N–C) groups is 1. The summed E-state index contributed by atoms with van der Waals surface area (Å²) in [6.45, 7) is 7.40. The lowest BCUT2D eigenvalue weighted by molar-refractivity contribution is 0.0531. The number of guanidine groups is 1. The maximum atomic E-state index is 12.0. The van der Waals surface area contributed by atoms with Crippen LogP contribution in [0.4, 0.5) is 0 Å². The van der Waals surface area contributed by atoms with Gasteiger partial charge in [-0.3, -0.25) is 4.99 Å². The summed E-state index contributed by atoms with van der Waals surface area (Å²) < 4.78 is 10.5. The molecule has 0 aliphatic heterocycles. The molecule has 0 aliphatic carbocycles. The van der Waals surface area contributed by atoms with Crippen LogP contribution in [0.3, 0.4) is 0 Å². The van der Waals surface area contributed by atoms with Gasteiger partial charge in [-0.05, 0) is 39.2 Å². The van der Waals surface area contributed by atoms with Gasteiger partial charge in [0.25, 0.3) is 0 Å². The third-order valence-corrected chi connectivity index (χ3v) is 5.72. The van der Waals surface area contributed by atoms with Crippen LogP contribution in [0.25, 0.3) is 0 Å². The topological polar surface area (TPSA) is 88.8 Å². The third kappa shape index (κ3) is 8.55. The Bertz CT molecular complexity index is 766. The van der Waals surface area contributed by atoms with Crippen LogP contribution in [-0.4, -0.2) is 48.6 Å². The number of nitrogens with one attached hydrogen (secondary N) is 2. The predicted molar refractivity (Wildman–Crippen MR) is 131 cm³/mol. The number of halogens is 1. The number of esters is 1. The van der Waals surface area contributed by atoms with Gasteiger partial charge in [-0.1, -0.05) is 0 Å². The van der Waals surface area contributed by atoms with Gasteiger partial charge in [-0.15, -0.1) is 35.3 Å². The summed E-state index contributed by atoms with van der Waals surface area (Å²) in [5, 5.41) is 7.54. The van der Waals surface area contributed by atoms with E-state index in [0.29, 0.717) is 23.7 Å². The highest BCUT2D eigenvalue weighted by Crippen LogP contribution is 2.24. The van der Waals surface area contributed by atoms with Gasteiger partial charge < -0.3 is 19.8 Å². The Morgan fingerprint density at radius 2 is 2.28 bits per heavy atom. The Kier molecular flexibility index (Phi) is 12.3. The highest BCUT2D eigenvalue weighted by molar-refractivity contribution is 14.0. The van der Waals surface area contributed by atoms with Crippen molar-refractivity contribution in [2.24, 2.45) is 4.99 Å². The number of carbonyl (C=O) groups is 1. The lowest BCUT2D eigenvalue weighted by atomic mass is 10.3. The van der Waals surface area contributed by atoms with Crippen LogP contribution < -0.4 is 10.6 Å². The second-order valence-corrected chi connectivity index (χ2v) is 8.05. The Morgan fingerprint density at radius 3 is 2.93 bits per heavy atom. The van der Waals surface area contributed by atoms with Crippen molar-refractivity contribution in [1.29, 1.82) is 0 Å². The first-order valence-electron chi connectivity index (χ1n) is 9.25. The number of aromatic nitrogens is 1. The lowest BCUT2D eigenvalue weighted by Crippen LogP contribution is -2.40. The number of thiazole rings is 1. The van der Waals surface area contributed by atoms with Crippen LogP contribution in [0.1, 0.15) is 46.0 Å². The van der Waals surface area contributed by atoms with Crippen molar-refractivity contribution < 1.29 is 13.9 Å². The standard InChI is InChI=1S/C19H28N4O3S2.HI/c1-5-25-18(24)16-13(2)22-17(28-16)14(3)23-19(21-10-12-27-4)20-9-8-15-7-6-11-26-15;/h6-7,11,14H,5,8-10,12H2,1-4H3,(H2,20,21,23);1H. The van der Waals surface area contributed by atoms with E-state index in [1.807, 2.05) is 26.0 Å². The van der Waals surface area contributed by atoms with E-state index in [-0.39, 0.29) is 36.0 Å². The number of hydrogen-bond donors (Lipinski definition) is 2. The summed E-state index contributed by atoms with van der Waals surface area (Å²) in [7, 11) is 0. The molecule has 0 spiro atoms. The van der Waals surface area contributed by atoms with Gasteiger partial charge in [0, 0.05) is 18.7 Å².